The zero-order valence-corrected chi connectivity index (χ0v) is 10.9. The van der Waals surface area contributed by atoms with Crippen LogP contribution < -0.4 is 0 Å². The second kappa shape index (κ2) is 4.78. The number of aryl methyl sites for hydroxylation is 1. The molecule has 92 valence electrons. The molecule has 0 radical (unpaired) electrons. The predicted octanol–water partition coefficient (Wildman–Crippen LogP) is 3.44. The van der Waals surface area contributed by atoms with Crippen molar-refractivity contribution in [1.29, 1.82) is 0 Å². The fourth-order valence-corrected chi connectivity index (χ4v) is 2.95. The molecule has 0 aromatic heterocycles. The van der Waals surface area contributed by atoms with Gasteiger partial charge in [0.1, 0.15) is 0 Å². The normalized spacial score (nSPS) is 11.2. The molecule has 0 aliphatic heterocycles. The molecular weight excluding hydrogens is 244 g/mol. The summed E-state index contributed by atoms with van der Waals surface area (Å²) in [5.74, 6) is 0. The summed E-state index contributed by atoms with van der Waals surface area (Å²) in [6.45, 7) is 5.65. The summed E-state index contributed by atoms with van der Waals surface area (Å²) in [5, 5.41) is 0. The average molecular weight is 258 g/mol. The molecule has 0 N–H and O–H groups in total. The maximum atomic E-state index is 12.3. The molecule has 0 atom stereocenters. The molecule has 0 amide bonds. The van der Waals surface area contributed by atoms with Crippen LogP contribution in [0.4, 0.5) is 0 Å². The standard InChI is InChI=1S/C15H14O2S/c1-12-7-6-8-14(11-12)13(2)18(16,17)15-9-4-3-5-10-15/h3-11H,2H2,1H3. The van der Waals surface area contributed by atoms with Crippen LogP contribution in [0, 0.1) is 6.92 Å². The van der Waals surface area contributed by atoms with E-state index in [2.05, 4.69) is 6.58 Å². The van der Waals surface area contributed by atoms with E-state index in [4.69, 9.17) is 0 Å². The summed E-state index contributed by atoms with van der Waals surface area (Å²) in [6, 6.07) is 15.7. The Morgan fingerprint density at radius 2 is 1.67 bits per heavy atom. The molecule has 0 fully saturated rings. The minimum atomic E-state index is -3.50. The first-order valence-corrected chi connectivity index (χ1v) is 7.06. The molecule has 0 saturated heterocycles. The van der Waals surface area contributed by atoms with Gasteiger partial charge in [0.15, 0.2) is 0 Å². The monoisotopic (exact) mass is 258 g/mol. The van der Waals surface area contributed by atoms with Crippen LogP contribution in [-0.4, -0.2) is 8.42 Å². The molecule has 0 aliphatic rings. The van der Waals surface area contributed by atoms with E-state index in [0.717, 1.165) is 5.56 Å². The van der Waals surface area contributed by atoms with Gasteiger partial charge in [0, 0.05) is 0 Å². The maximum Gasteiger partial charge on any atom is 0.206 e. The van der Waals surface area contributed by atoms with Gasteiger partial charge in [-0.1, -0.05) is 54.6 Å². The molecule has 0 unspecified atom stereocenters. The number of sulfone groups is 1. The third kappa shape index (κ3) is 2.36. The quantitative estimate of drug-likeness (QED) is 0.845. The molecule has 0 spiro atoms. The summed E-state index contributed by atoms with van der Waals surface area (Å²) < 4.78 is 24.7. The van der Waals surface area contributed by atoms with Crippen LogP contribution in [0.2, 0.25) is 0 Å². The fourth-order valence-electron chi connectivity index (χ4n) is 1.72. The first kappa shape index (κ1) is 12.6. The lowest BCUT2D eigenvalue weighted by atomic mass is 10.1. The van der Waals surface area contributed by atoms with E-state index in [-0.39, 0.29) is 9.80 Å². The summed E-state index contributed by atoms with van der Waals surface area (Å²) >= 11 is 0. The van der Waals surface area contributed by atoms with Crippen molar-refractivity contribution >= 4 is 14.7 Å². The van der Waals surface area contributed by atoms with Crippen molar-refractivity contribution in [2.75, 3.05) is 0 Å². The molecule has 2 aromatic rings. The molecule has 0 saturated carbocycles. The second-order valence-corrected chi connectivity index (χ2v) is 6.08. The van der Waals surface area contributed by atoms with Crippen LogP contribution in [0.25, 0.3) is 4.91 Å². The SMILES string of the molecule is C=C(c1cccc(C)c1)S(=O)(=O)c1ccccc1. The van der Waals surface area contributed by atoms with Gasteiger partial charge in [-0.15, -0.1) is 0 Å². The number of hydrogen-bond donors (Lipinski definition) is 0. The van der Waals surface area contributed by atoms with Crippen LogP contribution in [0.5, 0.6) is 0 Å². The molecule has 2 nitrogen and oxygen atoms in total. The Bertz CT molecular complexity index is 671. The lowest BCUT2D eigenvalue weighted by Gasteiger charge is -2.08. The maximum absolute atomic E-state index is 12.3. The highest BCUT2D eigenvalue weighted by Gasteiger charge is 2.19. The van der Waals surface area contributed by atoms with Crippen molar-refractivity contribution in [3.8, 4) is 0 Å². The van der Waals surface area contributed by atoms with Gasteiger partial charge in [-0.05, 0) is 24.6 Å². The van der Waals surface area contributed by atoms with Crippen LogP contribution in [0.15, 0.2) is 66.1 Å². The first-order valence-electron chi connectivity index (χ1n) is 5.58. The van der Waals surface area contributed by atoms with Crippen molar-refractivity contribution in [2.45, 2.75) is 11.8 Å². The summed E-state index contributed by atoms with van der Waals surface area (Å²) in [6.07, 6.45) is 0. The zero-order chi connectivity index (χ0) is 13.2. The minimum absolute atomic E-state index is 0.136. The van der Waals surface area contributed by atoms with E-state index >= 15 is 0 Å². The molecule has 2 rings (SSSR count). The van der Waals surface area contributed by atoms with E-state index in [1.54, 1.807) is 36.4 Å². The van der Waals surface area contributed by atoms with Gasteiger partial charge in [-0.2, -0.15) is 0 Å². The summed E-state index contributed by atoms with van der Waals surface area (Å²) in [4.78, 5) is 0.411. The highest BCUT2D eigenvalue weighted by molar-refractivity contribution is 8.00. The molecule has 18 heavy (non-hydrogen) atoms. The predicted molar refractivity (Wildman–Crippen MR) is 73.8 cm³/mol. The van der Waals surface area contributed by atoms with Gasteiger partial charge in [0.25, 0.3) is 0 Å². The average Bonchev–Trinajstić information content (AvgIpc) is 2.39. The van der Waals surface area contributed by atoms with Gasteiger partial charge in [0.05, 0.1) is 9.80 Å². The van der Waals surface area contributed by atoms with Gasteiger partial charge in [0.2, 0.25) is 9.84 Å². The van der Waals surface area contributed by atoms with E-state index in [9.17, 15) is 8.42 Å². The van der Waals surface area contributed by atoms with Crippen molar-refractivity contribution in [3.63, 3.8) is 0 Å². The highest BCUT2D eigenvalue weighted by Crippen LogP contribution is 2.26. The third-order valence-corrected chi connectivity index (χ3v) is 4.50. The molecule has 0 heterocycles. The molecular formula is C15H14O2S. The van der Waals surface area contributed by atoms with Gasteiger partial charge < -0.3 is 0 Å². The van der Waals surface area contributed by atoms with Gasteiger partial charge in [-0.3, -0.25) is 0 Å². The molecule has 0 bridgehead atoms. The summed E-state index contributed by atoms with van der Waals surface area (Å²) in [5.41, 5.74) is 1.65. The smallest absolute Gasteiger partial charge is 0.206 e. The molecule has 2 aromatic carbocycles. The van der Waals surface area contributed by atoms with Gasteiger partial charge >= 0.3 is 0 Å². The Labute approximate surface area is 108 Å². The van der Waals surface area contributed by atoms with E-state index in [1.165, 1.54) is 0 Å². The van der Waals surface area contributed by atoms with Gasteiger partial charge in [-0.25, -0.2) is 8.42 Å². The summed E-state index contributed by atoms with van der Waals surface area (Å²) in [7, 11) is -3.50. The van der Waals surface area contributed by atoms with Crippen LogP contribution in [0.3, 0.4) is 0 Å². The molecule has 0 aliphatic carbocycles. The lowest BCUT2D eigenvalue weighted by Crippen LogP contribution is -2.03. The number of rotatable bonds is 3. The van der Waals surface area contributed by atoms with Crippen molar-refractivity contribution < 1.29 is 8.42 Å². The minimum Gasteiger partial charge on any atom is -0.219 e. The topological polar surface area (TPSA) is 34.1 Å². The van der Waals surface area contributed by atoms with Crippen LogP contribution >= 0.6 is 0 Å². The third-order valence-electron chi connectivity index (χ3n) is 2.72. The second-order valence-electron chi connectivity index (χ2n) is 4.11. The Balaban J connectivity index is 2.47. The molecule has 3 heteroatoms. The Hall–Kier alpha value is -1.87. The number of benzene rings is 2. The zero-order valence-electron chi connectivity index (χ0n) is 10.1. The highest BCUT2D eigenvalue weighted by atomic mass is 32.2. The lowest BCUT2D eigenvalue weighted by molar-refractivity contribution is 0.606. The van der Waals surface area contributed by atoms with Crippen molar-refractivity contribution in [1.82, 2.24) is 0 Å². The van der Waals surface area contributed by atoms with Crippen molar-refractivity contribution in [2.24, 2.45) is 0 Å². The first-order chi connectivity index (χ1) is 8.51. The van der Waals surface area contributed by atoms with Crippen LogP contribution in [-0.2, 0) is 9.84 Å². The Morgan fingerprint density at radius 1 is 1.00 bits per heavy atom. The van der Waals surface area contributed by atoms with E-state index in [1.807, 2.05) is 25.1 Å². The van der Waals surface area contributed by atoms with Crippen LogP contribution in [0.1, 0.15) is 11.1 Å². The number of hydrogen-bond acceptors (Lipinski definition) is 2. The Kier molecular flexibility index (Phi) is 3.34. The van der Waals surface area contributed by atoms with E-state index in [0.29, 0.717) is 5.56 Å². The Morgan fingerprint density at radius 3 is 2.28 bits per heavy atom. The van der Waals surface area contributed by atoms with E-state index < -0.39 is 9.84 Å². The largest absolute Gasteiger partial charge is 0.219 e. The fraction of sp³-hybridized carbons (Fsp3) is 0.0667. The van der Waals surface area contributed by atoms with Crippen molar-refractivity contribution in [3.05, 3.63) is 72.3 Å².